The number of aromatic nitrogens is 1. The number of methoxy groups -OCH3 is 1. The molecule has 0 spiro atoms. The van der Waals surface area contributed by atoms with Gasteiger partial charge >= 0.3 is 0 Å². The SMILES string of the molecule is CCNCC(=O)c1nccc(-c2cccc(C3=NCCC=C3)c2)c1COC. The van der Waals surface area contributed by atoms with Crippen LogP contribution in [0.1, 0.15) is 35.0 Å². The van der Waals surface area contributed by atoms with E-state index in [1.165, 1.54) is 0 Å². The fourth-order valence-electron chi connectivity index (χ4n) is 3.16. The molecule has 1 aromatic carbocycles. The minimum atomic E-state index is -0.0264. The van der Waals surface area contributed by atoms with Gasteiger partial charge in [0, 0.05) is 31.0 Å². The lowest BCUT2D eigenvalue weighted by molar-refractivity contribution is 0.0981. The van der Waals surface area contributed by atoms with Gasteiger partial charge in [0.15, 0.2) is 5.78 Å². The van der Waals surface area contributed by atoms with Gasteiger partial charge in [-0.3, -0.25) is 14.8 Å². The minimum absolute atomic E-state index is 0.0264. The molecule has 27 heavy (non-hydrogen) atoms. The van der Waals surface area contributed by atoms with Crippen LogP contribution < -0.4 is 5.32 Å². The summed E-state index contributed by atoms with van der Waals surface area (Å²) < 4.78 is 5.38. The molecule has 2 aromatic rings. The number of rotatable bonds is 8. The van der Waals surface area contributed by atoms with Crippen molar-refractivity contribution in [1.82, 2.24) is 10.3 Å². The van der Waals surface area contributed by atoms with Crippen molar-refractivity contribution in [2.24, 2.45) is 4.99 Å². The number of aliphatic imine (C=N–C) groups is 1. The van der Waals surface area contributed by atoms with Crippen molar-refractivity contribution >= 4 is 11.5 Å². The zero-order valence-corrected chi connectivity index (χ0v) is 15.9. The molecule has 0 amide bonds. The van der Waals surface area contributed by atoms with Crippen LogP contribution in [0.25, 0.3) is 11.1 Å². The van der Waals surface area contributed by atoms with Gasteiger partial charge in [-0.2, -0.15) is 0 Å². The van der Waals surface area contributed by atoms with Crippen molar-refractivity contribution in [1.29, 1.82) is 0 Å². The van der Waals surface area contributed by atoms with Crippen molar-refractivity contribution in [2.75, 3.05) is 26.7 Å². The quantitative estimate of drug-likeness (QED) is 0.730. The van der Waals surface area contributed by atoms with E-state index >= 15 is 0 Å². The number of ketones is 1. The molecule has 140 valence electrons. The molecule has 1 aromatic heterocycles. The molecular formula is C22H25N3O2. The first-order valence-corrected chi connectivity index (χ1v) is 9.27. The van der Waals surface area contributed by atoms with Crippen LogP contribution in [0.2, 0.25) is 0 Å². The molecule has 0 bridgehead atoms. The van der Waals surface area contributed by atoms with Gasteiger partial charge in [0.1, 0.15) is 5.69 Å². The maximum atomic E-state index is 12.6. The number of likely N-dealkylation sites (N-methyl/N-ethyl adjacent to an activating group) is 1. The van der Waals surface area contributed by atoms with E-state index in [2.05, 4.69) is 39.6 Å². The first-order valence-electron chi connectivity index (χ1n) is 9.27. The highest BCUT2D eigenvalue weighted by molar-refractivity contribution is 6.09. The Labute approximate surface area is 160 Å². The number of allylic oxidation sites excluding steroid dienone is 1. The summed E-state index contributed by atoms with van der Waals surface area (Å²) in [4.78, 5) is 21.5. The zero-order valence-electron chi connectivity index (χ0n) is 15.9. The number of hydrogen-bond acceptors (Lipinski definition) is 5. The molecule has 0 aliphatic carbocycles. The van der Waals surface area contributed by atoms with Gasteiger partial charge in [0.2, 0.25) is 0 Å². The average molecular weight is 363 g/mol. The molecule has 0 saturated heterocycles. The lowest BCUT2D eigenvalue weighted by atomic mass is 9.95. The number of hydrogen-bond donors (Lipinski definition) is 1. The predicted octanol–water partition coefficient (Wildman–Crippen LogP) is 3.44. The molecule has 0 atom stereocenters. The van der Waals surface area contributed by atoms with Crippen LogP contribution >= 0.6 is 0 Å². The van der Waals surface area contributed by atoms with Crippen molar-refractivity contribution < 1.29 is 9.53 Å². The van der Waals surface area contributed by atoms with E-state index in [-0.39, 0.29) is 12.3 Å². The molecule has 1 aliphatic heterocycles. The van der Waals surface area contributed by atoms with Gasteiger partial charge < -0.3 is 10.1 Å². The standard InChI is InChI=1S/C22H25N3O2/c1-3-23-14-21(26)22-19(15-27-2)18(10-12-25-22)16-7-6-8-17(13-16)20-9-4-5-11-24-20/h4,6-10,12-13,23H,3,5,11,14-15H2,1-2H3. The molecule has 0 fully saturated rings. The van der Waals surface area contributed by atoms with E-state index in [1.807, 2.05) is 25.1 Å². The summed E-state index contributed by atoms with van der Waals surface area (Å²) in [5.74, 6) is -0.0264. The van der Waals surface area contributed by atoms with E-state index in [0.717, 1.165) is 47.5 Å². The summed E-state index contributed by atoms with van der Waals surface area (Å²) in [5, 5.41) is 3.07. The molecule has 5 nitrogen and oxygen atoms in total. The molecule has 2 heterocycles. The summed E-state index contributed by atoms with van der Waals surface area (Å²) in [6.07, 6.45) is 6.90. The lowest BCUT2D eigenvalue weighted by Gasteiger charge is -2.14. The van der Waals surface area contributed by atoms with Crippen LogP contribution in [0.4, 0.5) is 0 Å². The number of pyridine rings is 1. The molecule has 0 saturated carbocycles. The second-order valence-corrected chi connectivity index (χ2v) is 6.36. The van der Waals surface area contributed by atoms with Crippen molar-refractivity contribution in [3.8, 4) is 11.1 Å². The van der Waals surface area contributed by atoms with Crippen molar-refractivity contribution in [3.05, 3.63) is 65.5 Å². The third kappa shape index (κ3) is 4.56. The second-order valence-electron chi connectivity index (χ2n) is 6.36. The van der Waals surface area contributed by atoms with Crippen molar-refractivity contribution in [3.63, 3.8) is 0 Å². The Morgan fingerprint density at radius 1 is 1.26 bits per heavy atom. The number of benzene rings is 1. The topological polar surface area (TPSA) is 63.6 Å². The van der Waals surface area contributed by atoms with E-state index in [0.29, 0.717) is 12.3 Å². The van der Waals surface area contributed by atoms with Gasteiger partial charge in [-0.05, 0) is 42.3 Å². The van der Waals surface area contributed by atoms with E-state index < -0.39 is 0 Å². The normalized spacial score (nSPS) is 13.5. The van der Waals surface area contributed by atoms with Crippen LogP contribution in [0.15, 0.2) is 53.7 Å². The molecule has 0 unspecified atom stereocenters. The van der Waals surface area contributed by atoms with E-state index in [9.17, 15) is 4.79 Å². The Morgan fingerprint density at radius 2 is 2.11 bits per heavy atom. The maximum absolute atomic E-state index is 12.6. The fraction of sp³-hybridized carbons (Fsp3) is 0.318. The lowest BCUT2D eigenvalue weighted by Crippen LogP contribution is -2.24. The highest BCUT2D eigenvalue weighted by Gasteiger charge is 2.17. The first-order chi connectivity index (χ1) is 13.2. The third-order valence-electron chi connectivity index (χ3n) is 4.47. The van der Waals surface area contributed by atoms with Gasteiger partial charge in [-0.15, -0.1) is 0 Å². The van der Waals surface area contributed by atoms with Crippen LogP contribution in [-0.4, -0.2) is 43.2 Å². The average Bonchev–Trinajstić information content (AvgIpc) is 2.73. The van der Waals surface area contributed by atoms with Crippen LogP contribution in [0.3, 0.4) is 0 Å². The molecule has 0 radical (unpaired) electrons. The molecule has 5 heteroatoms. The van der Waals surface area contributed by atoms with Gasteiger partial charge in [-0.25, -0.2) is 0 Å². The summed E-state index contributed by atoms with van der Waals surface area (Å²) in [5.41, 5.74) is 5.35. The van der Waals surface area contributed by atoms with Crippen molar-refractivity contribution in [2.45, 2.75) is 20.0 Å². The Balaban J connectivity index is 2.02. The number of dihydropyridines is 1. The Morgan fingerprint density at radius 3 is 2.85 bits per heavy atom. The summed E-state index contributed by atoms with van der Waals surface area (Å²) in [6.45, 7) is 4.14. The fourth-order valence-corrected chi connectivity index (χ4v) is 3.16. The number of nitrogens with one attached hydrogen (secondary N) is 1. The maximum Gasteiger partial charge on any atom is 0.195 e. The zero-order chi connectivity index (χ0) is 19.1. The highest BCUT2D eigenvalue weighted by atomic mass is 16.5. The minimum Gasteiger partial charge on any atom is -0.380 e. The number of Topliss-reactive ketones (excluding diaryl/α,β-unsaturated/α-hetero) is 1. The van der Waals surface area contributed by atoms with Gasteiger partial charge in [-0.1, -0.05) is 31.2 Å². The number of carbonyl (C=O) groups excluding carboxylic acids is 1. The Kier molecular flexibility index (Phi) is 6.63. The van der Waals surface area contributed by atoms with Gasteiger partial charge in [0.25, 0.3) is 0 Å². The Hall–Kier alpha value is -2.63. The predicted molar refractivity (Wildman–Crippen MR) is 108 cm³/mol. The molecule has 1 N–H and O–H groups in total. The highest BCUT2D eigenvalue weighted by Crippen LogP contribution is 2.27. The van der Waals surface area contributed by atoms with Gasteiger partial charge in [0.05, 0.1) is 18.9 Å². The van der Waals surface area contributed by atoms with E-state index in [1.54, 1.807) is 13.3 Å². The number of ether oxygens (including phenoxy) is 1. The van der Waals surface area contributed by atoms with E-state index in [4.69, 9.17) is 4.74 Å². The third-order valence-corrected chi connectivity index (χ3v) is 4.47. The smallest absolute Gasteiger partial charge is 0.195 e. The summed E-state index contributed by atoms with van der Waals surface area (Å²) in [6, 6.07) is 10.2. The largest absolute Gasteiger partial charge is 0.380 e. The number of carbonyl (C=O) groups is 1. The number of nitrogens with zero attached hydrogens (tertiary/aromatic N) is 2. The molecule has 3 rings (SSSR count). The van der Waals surface area contributed by atoms with Crippen LogP contribution in [0, 0.1) is 0 Å². The second kappa shape index (κ2) is 9.35. The van der Waals surface area contributed by atoms with Crippen LogP contribution in [-0.2, 0) is 11.3 Å². The van der Waals surface area contributed by atoms with Crippen LogP contribution in [0.5, 0.6) is 0 Å². The monoisotopic (exact) mass is 363 g/mol. The first kappa shape index (κ1) is 19.1. The Bertz CT molecular complexity index is 872. The summed E-state index contributed by atoms with van der Waals surface area (Å²) in [7, 11) is 1.63. The summed E-state index contributed by atoms with van der Waals surface area (Å²) >= 11 is 0. The molecular weight excluding hydrogens is 338 g/mol. The molecule has 1 aliphatic rings.